The lowest BCUT2D eigenvalue weighted by molar-refractivity contribution is 0.127. The normalized spacial score (nSPS) is 18.3. The summed E-state index contributed by atoms with van der Waals surface area (Å²) in [5, 5.41) is 1.26. The van der Waals surface area contributed by atoms with Crippen LogP contribution in [-0.2, 0) is 19.4 Å². The van der Waals surface area contributed by atoms with E-state index in [0.717, 1.165) is 52.0 Å². The predicted octanol–water partition coefficient (Wildman–Crippen LogP) is 7.90. The number of rotatable bonds is 5. The van der Waals surface area contributed by atoms with Crippen molar-refractivity contribution in [3.63, 3.8) is 0 Å². The van der Waals surface area contributed by atoms with Gasteiger partial charge in [-0.1, -0.05) is 58.4 Å². The van der Waals surface area contributed by atoms with E-state index in [2.05, 4.69) is 74.3 Å². The smallest absolute Gasteiger partial charge is 0.161 e. The van der Waals surface area contributed by atoms with Crippen LogP contribution in [0, 0.1) is 5.82 Å². The van der Waals surface area contributed by atoms with Crippen LogP contribution in [0.3, 0.4) is 0 Å². The Morgan fingerprint density at radius 2 is 1.77 bits per heavy atom. The number of hydrogen-bond donors (Lipinski definition) is 1. The molecular formula is C33H28BrFN2O2. The highest BCUT2D eigenvalue weighted by Gasteiger charge is 2.41. The fourth-order valence-corrected chi connectivity index (χ4v) is 6.58. The first-order valence-electron chi connectivity index (χ1n) is 13.3. The second-order valence-corrected chi connectivity index (χ2v) is 11.3. The van der Waals surface area contributed by atoms with E-state index in [1.807, 2.05) is 24.3 Å². The SMILES string of the molecule is COc1cc2c(cc1OCc1ccc(Br)cc1)CCN1C2Cc2c([nH]c3ccccc23)C1c1ccc(F)cc1. The molecule has 39 heavy (non-hydrogen) atoms. The number of para-hydroxylation sites is 1. The zero-order chi connectivity index (χ0) is 26.5. The molecule has 5 aromatic rings. The van der Waals surface area contributed by atoms with Crippen molar-refractivity contribution in [2.24, 2.45) is 0 Å². The molecule has 1 N–H and O–H groups in total. The van der Waals surface area contributed by atoms with Crippen molar-refractivity contribution in [2.75, 3.05) is 13.7 Å². The summed E-state index contributed by atoms with van der Waals surface area (Å²) in [7, 11) is 1.70. The number of nitrogens with zero attached hydrogens (tertiary/aromatic N) is 1. The Morgan fingerprint density at radius 3 is 2.56 bits per heavy atom. The van der Waals surface area contributed by atoms with Gasteiger partial charge in [0.05, 0.1) is 13.2 Å². The summed E-state index contributed by atoms with van der Waals surface area (Å²) in [6, 6.07) is 28.2. The van der Waals surface area contributed by atoms with Crippen molar-refractivity contribution in [1.29, 1.82) is 0 Å². The molecule has 0 aliphatic carbocycles. The topological polar surface area (TPSA) is 37.5 Å². The van der Waals surface area contributed by atoms with Gasteiger partial charge in [-0.05, 0) is 83.1 Å². The standard InChI is InChI=1S/C33H28BrFN2O2/c1-38-30-18-26-22(16-31(30)39-19-20-6-10-23(34)11-7-20)14-15-37-29(26)17-27-25-4-2-3-5-28(25)36-32(27)33(37)21-8-12-24(35)13-9-21/h2-13,16,18,29,33,36H,14-15,17,19H2,1H3. The van der Waals surface area contributed by atoms with Gasteiger partial charge in [0.2, 0.25) is 0 Å². The average Bonchev–Trinajstić information content (AvgIpc) is 3.34. The molecule has 6 heteroatoms. The summed E-state index contributed by atoms with van der Waals surface area (Å²) in [5.41, 5.74) is 8.46. The molecule has 0 fully saturated rings. The maximum atomic E-state index is 13.9. The molecule has 0 saturated carbocycles. The molecule has 196 valence electrons. The summed E-state index contributed by atoms with van der Waals surface area (Å²) >= 11 is 3.49. The summed E-state index contributed by atoms with van der Waals surface area (Å²) in [5.74, 6) is 1.30. The molecule has 4 aromatic carbocycles. The molecule has 7 rings (SSSR count). The first-order valence-corrected chi connectivity index (χ1v) is 14.1. The van der Waals surface area contributed by atoms with Crippen molar-refractivity contribution in [3.05, 3.63) is 129 Å². The average molecular weight is 584 g/mol. The van der Waals surface area contributed by atoms with Gasteiger partial charge in [-0.3, -0.25) is 4.90 Å². The molecule has 1 aromatic heterocycles. The maximum Gasteiger partial charge on any atom is 0.161 e. The van der Waals surface area contributed by atoms with Gasteiger partial charge in [0.15, 0.2) is 11.5 Å². The monoisotopic (exact) mass is 582 g/mol. The zero-order valence-electron chi connectivity index (χ0n) is 21.6. The van der Waals surface area contributed by atoms with E-state index in [-0.39, 0.29) is 17.9 Å². The van der Waals surface area contributed by atoms with Crippen LogP contribution in [0.2, 0.25) is 0 Å². The summed E-state index contributed by atoms with van der Waals surface area (Å²) in [6.07, 6.45) is 1.80. The fraction of sp³-hybridized carbons (Fsp3) is 0.212. The maximum absolute atomic E-state index is 13.9. The molecule has 0 amide bonds. The third-order valence-corrected chi connectivity index (χ3v) is 8.70. The fourth-order valence-electron chi connectivity index (χ4n) is 6.32. The Morgan fingerprint density at radius 1 is 0.974 bits per heavy atom. The van der Waals surface area contributed by atoms with Crippen LogP contribution in [0.15, 0.2) is 89.4 Å². The summed E-state index contributed by atoms with van der Waals surface area (Å²) in [6.45, 7) is 1.37. The van der Waals surface area contributed by atoms with Gasteiger partial charge in [-0.25, -0.2) is 4.39 Å². The van der Waals surface area contributed by atoms with Crippen LogP contribution in [0.1, 0.15) is 45.6 Å². The van der Waals surface area contributed by atoms with Gasteiger partial charge < -0.3 is 14.5 Å². The second kappa shape index (κ2) is 9.85. The van der Waals surface area contributed by atoms with E-state index in [1.165, 1.54) is 27.8 Å². The molecule has 3 heterocycles. The number of aromatic nitrogens is 1. The molecule has 0 spiro atoms. The zero-order valence-corrected chi connectivity index (χ0v) is 23.2. The van der Waals surface area contributed by atoms with Gasteiger partial charge in [-0.2, -0.15) is 0 Å². The number of aromatic amines is 1. The van der Waals surface area contributed by atoms with E-state index in [0.29, 0.717) is 6.61 Å². The Bertz CT molecular complexity index is 1660. The van der Waals surface area contributed by atoms with Gasteiger partial charge in [0.25, 0.3) is 0 Å². The molecule has 0 bridgehead atoms. The van der Waals surface area contributed by atoms with E-state index in [9.17, 15) is 4.39 Å². The van der Waals surface area contributed by atoms with Crippen LogP contribution in [-0.4, -0.2) is 23.5 Å². The molecular weight excluding hydrogens is 555 g/mol. The lowest BCUT2D eigenvalue weighted by Crippen LogP contribution is -2.43. The minimum atomic E-state index is -0.215. The van der Waals surface area contributed by atoms with Gasteiger partial charge in [0.1, 0.15) is 12.4 Å². The van der Waals surface area contributed by atoms with Crippen molar-refractivity contribution >= 4 is 26.8 Å². The summed E-state index contributed by atoms with van der Waals surface area (Å²) < 4.78 is 27.1. The Hall–Kier alpha value is -3.61. The number of ether oxygens (including phenoxy) is 2. The third kappa shape index (κ3) is 4.32. The van der Waals surface area contributed by atoms with Crippen LogP contribution in [0.5, 0.6) is 11.5 Å². The highest BCUT2D eigenvalue weighted by atomic mass is 79.9. The Balaban J connectivity index is 1.29. The van der Waals surface area contributed by atoms with Crippen molar-refractivity contribution in [1.82, 2.24) is 9.88 Å². The first kappa shape index (κ1) is 24.4. The minimum Gasteiger partial charge on any atom is -0.493 e. The third-order valence-electron chi connectivity index (χ3n) is 8.17. The molecule has 2 atom stereocenters. The number of methoxy groups -OCH3 is 1. The lowest BCUT2D eigenvalue weighted by atomic mass is 9.80. The van der Waals surface area contributed by atoms with Crippen molar-refractivity contribution < 1.29 is 13.9 Å². The number of benzene rings is 4. The van der Waals surface area contributed by atoms with Crippen LogP contribution >= 0.6 is 15.9 Å². The van der Waals surface area contributed by atoms with E-state index >= 15 is 0 Å². The quantitative estimate of drug-likeness (QED) is 0.229. The Labute approximate surface area is 235 Å². The molecule has 0 radical (unpaired) electrons. The van der Waals surface area contributed by atoms with Gasteiger partial charge in [-0.15, -0.1) is 0 Å². The lowest BCUT2D eigenvalue weighted by Gasteiger charge is -2.46. The molecule has 2 unspecified atom stereocenters. The number of fused-ring (bicyclic) bond motifs is 6. The number of H-pyrrole nitrogens is 1. The van der Waals surface area contributed by atoms with Crippen LogP contribution in [0.25, 0.3) is 10.9 Å². The molecule has 2 aliphatic heterocycles. The molecule has 0 saturated heterocycles. The largest absolute Gasteiger partial charge is 0.493 e. The molecule has 4 nitrogen and oxygen atoms in total. The van der Waals surface area contributed by atoms with Crippen LogP contribution in [0.4, 0.5) is 4.39 Å². The van der Waals surface area contributed by atoms with E-state index in [1.54, 1.807) is 19.2 Å². The highest BCUT2D eigenvalue weighted by Crippen LogP contribution is 2.49. The minimum absolute atomic E-state index is 0.0132. The highest BCUT2D eigenvalue weighted by molar-refractivity contribution is 9.10. The summed E-state index contributed by atoms with van der Waals surface area (Å²) in [4.78, 5) is 6.29. The second-order valence-electron chi connectivity index (χ2n) is 10.3. The first-order chi connectivity index (χ1) is 19.1. The van der Waals surface area contributed by atoms with Gasteiger partial charge in [0, 0.05) is 33.7 Å². The van der Waals surface area contributed by atoms with E-state index < -0.39 is 0 Å². The number of nitrogens with one attached hydrogen (secondary N) is 1. The van der Waals surface area contributed by atoms with Crippen LogP contribution < -0.4 is 9.47 Å². The van der Waals surface area contributed by atoms with Crippen molar-refractivity contribution in [2.45, 2.75) is 31.5 Å². The van der Waals surface area contributed by atoms with E-state index in [4.69, 9.17) is 9.47 Å². The number of hydrogen-bond acceptors (Lipinski definition) is 3. The molecule has 2 aliphatic rings. The van der Waals surface area contributed by atoms with Gasteiger partial charge >= 0.3 is 0 Å². The number of halogens is 2. The van der Waals surface area contributed by atoms with Crippen molar-refractivity contribution in [3.8, 4) is 11.5 Å². The predicted molar refractivity (Wildman–Crippen MR) is 155 cm³/mol. The Kier molecular flexibility index (Phi) is 6.17.